The molecule has 0 radical (unpaired) electrons. The number of hydrogen-bond acceptors (Lipinski definition) is 5. The van der Waals surface area contributed by atoms with Crippen LogP contribution in [0, 0.1) is 0 Å². The van der Waals surface area contributed by atoms with Crippen molar-refractivity contribution < 1.29 is 14.3 Å². The molecule has 8 heteroatoms. The third kappa shape index (κ3) is 6.54. The number of guanidine groups is 1. The van der Waals surface area contributed by atoms with Crippen molar-refractivity contribution in [2.45, 2.75) is 13.3 Å². The Labute approximate surface area is 172 Å². The van der Waals surface area contributed by atoms with Gasteiger partial charge < -0.3 is 24.6 Å². The highest BCUT2D eigenvalue weighted by Gasteiger charge is 2.20. The maximum absolute atomic E-state index is 11.2. The molecule has 1 aromatic rings. The number of anilines is 1. The predicted molar refractivity (Wildman–Crippen MR) is 115 cm³/mol. The van der Waals surface area contributed by atoms with E-state index in [4.69, 9.17) is 4.74 Å². The molecule has 7 nitrogen and oxygen atoms in total. The summed E-state index contributed by atoms with van der Waals surface area (Å²) in [4.78, 5) is 20.4. The minimum atomic E-state index is -0.234. The lowest BCUT2D eigenvalue weighted by atomic mass is 10.2. The first-order valence-electron chi connectivity index (χ1n) is 8.67. The van der Waals surface area contributed by atoms with Crippen molar-refractivity contribution in [1.29, 1.82) is 0 Å². The molecule has 0 unspecified atom stereocenters. The minimum Gasteiger partial charge on any atom is -0.497 e. The third-order valence-corrected chi connectivity index (χ3v) is 4.14. The molecule has 0 bridgehead atoms. The zero-order valence-electron chi connectivity index (χ0n) is 15.7. The molecule has 0 saturated carbocycles. The summed E-state index contributed by atoms with van der Waals surface area (Å²) in [5.74, 6) is 1.50. The van der Waals surface area contributed by atoms with Crippen molar-refractivity contribution in [3.05, 3.63) is 24.3 Å². The van der Waals surface area contributed by atoms with Gasteiger partial charge in [0.1, 0.15) is 5.75 Å². The van der Waals surface area contributed by atoms with E-state index in [1.807, 2.05) is 19.1 Å². The summed E-state index contributed by atoms with van der Waals surface area (Å²) in [6.07, 6.45) is 0.301. The van der Waals surface area contributed by atoms with Crippen LogP contribution in [0.15, 0.2) is 29.3 Å². The average Bonchev–Trinajstić information content (AvgIpc) is 2.67. The molecule has 2 rings (SSSR count). The highest BCUT2D eigenvalue weighted by atomic mass is 127. The number of benzene rings is 1. The zero-order valence-corrected chi connectivity index (χ0v) is 18.1. The van der Waals surface area contributed by atoms with Gasteiger partial charge in [0.05, 0.1) is 27.2 Å². The van der Waals surface area contributed by atoms with Gasteiger partial charge in [-0.25, -0.2) is 0 Å². The van der Waals surface area contributed by atoms with E-state index in [1.165, 1.54) is 12.8 Å². The second-order valence-corrected chi connectivity index (χ2v) is 5.74. The number of nitrogens with one attached hydrogen (secondary N) is 1. The van der Waals surface area contributed by atoms with Crippen LogP contribution in [0.2, 0.25) is 0 Å². The van der Waals surface area contributed by atoms with Gasteiger partial charge in [0.25, 0.3) is 0 Å². The van der Waals surface area contributed by atoms with Crippen molar-refractivity contribution in [3.63, 3.8) is 0 Å². The number of ether oxygens (including phenoxy) is 2. The molecule has 1 aliphatic rings. The van der Waals surface area contributed by atoms with Gasteiger partial charge in [-0.3, -0.25) is 9.79 Å². The van der Waals surface area contributed by atoms with E-state index in [0.29, 0.717) is 13.0 Å². The Morgan fingerprint density at radius 2 is 1.96 bits per heavy atom. The molecule has 0 amide bonds. The number of aliphatic imine (C=N–C) groups is 1. The van der Waals surface area contributed by atoms with Crippen molar-refractivity contribution in [1.82, 2.24) is 10.2 Å². The standard InChI is InChI=1S/C18H28N4O3.HI/c1-4-19-18(20-9-8-17(23)25-3)22-12-10-21(11-13-22)15-6-5-7-16(14-15)24-2;/h5-7,14H,4,8-13H2,1-3H3,(H,19,20);1H. The molecule has 1 fully saturated rings. The Hall–Kier alpha value is -1.71. The molecule has 1 aliphatic heterocycles. The fourth-order valence-corrected chi connectivity index (χ4v) is 2.76. The van der Waals surface area contributed by atoms with E-state index >= 15 is 0 Å². The van der Waals surface area contributed by atoms with E-state index in [9.17, 15) is 4.79 Å². The number of rotatable bonds is 6. The molecule has 146 valence electrons. The van der Waals surface area contributed by atoms with Gasteiger partial charge in [-0.2, -0.15) is 0 Å². The first-order valence-corrected chi connectivity index (χ1v) is 8.67. The van der Waals surface area contributed by atoms with Crippen LogP contribution < -0.4 is 15.0 Å². The number of nitrogens with zero attached hydrogens (tertiary/aromatic N) is 3. The summed E-state index contributed by atoms with van der Waals surface area (Å²) in [6.45, 7) is 6.85. The van der Waals surface area contributed by atoms with Crippen LogP contribution in [0.3, 0.4) is 0 Å². The molecular formula is C18H29IN4O3. The summed E-state index contributed by atoms with van der Waals surface area (Å²) < 4.78 is 9.97. The fraction of sp³-hybridized carbons (Fsp3) is 0.556. The number of carbonyl (C=O) groups excluding carboxylic acids is 1. The lowest BCUT2D eigenvalue weighted by Crippen LogP contribution is -2.52. The lowest BCUT2D eigenvalue weighted by Gasteiger charge is -2.37. The Morgan fingerprint density at radius 3 is 2.58 bits per heavy atom. The van der Waals surface area contributed by atoms with Gasteiger partial charge in [-0.15, -0.1) is 24.0 Å². The van der Waals surface area contributed by atoms with Crippen LogP contribution in [0.5, 0.6) is 5.75 Å². The number of hydrogen-bond donors (Lipinski definition) is 1. The van der Waals surface area contributed by atoms with E-state index in [-0.39, 0.29) is 29.9 Å². The number of esters is 1. The normalized spacial score (nSPS) is 14.5. The molecular weight excluding hydrogens is 447 g/mol. The van der Waals surface area contributed by atoms with Crippen molar-refractivity contribution in [2.75, 3.05) is 58.4 Å². The van der Waals surface area contributed by atoms with Gasteiger partial charge in [-0.1, -0.05) is 6.07 Å². The van der Waals surface area contributed by atoms with Gasteiger partial charge in [0.2, 0.25) is 0 Å². The third-order valence-electron chi connectivity index (χ3n) is 4.14. The molecule has 0 aliphatic carbocycles. The van der Waals surface area contributed by atoms with E-state index in [1.54, 1.807) is 7.11 Å². The Balaban J connectivity index is 0.00000338. The van der Waals surface area contributed by atoms with Gasteiger partial charge in [0.15, 0.2) is 5.96 Å². The van der Waals surface area contributed by atoms with E-state index in [0.717, 1.165) is 44.4 Å². The second kappa shape index (κ2) is 11.8. The average molecular weight is 476 g/mol. The maximum Gasteiger partial charge on any atom is 0.307 e. The predicted octanol–water partition coefficient (Wildman–Crippen LogP) is 1.96. The van der Waals surface area contributed by atoms with Crippen molar-refractivity contribution in [2.24, 2.45) is 4.99 Å². The highest BCUT2D eigenvalue weighted by Crippen LogP contribution is 2.22. The molecule has 26 heavy (non-hydrogen) atoms. The van der Waals surface area contributed by atoms with E-state index in [2.05, 4.69) is 37.0 Å². The summed E-state index contributed by atoms with van der Waals surface area (Å²) >= 11 is 0. The van der Waals surface area contributed by atoms with Crippen LogP contribution in [0.25, 0.3) is 0 Å². The Morgan fingerprint density at radius 1 is 1.23 bits per heavy atom. The topological polar surface area (TPSA) is 66.4 Å². The molecule has 0 atom stereocenters. The number of piperazine rings is 1. The first-order chi connectivity index (χ1) is 12.2. The minimum absolute atomic E-state index is 0. The van der Waals surface area contributed by atoms with Gasteiger partial charge in [-0.05, 0) is 19.1 Å². The molecule has 1 saturated heterocycles. The first kappa shape index (κ1) is 22.3. The van der Waals surface area contributed by atoms with Gasteiger partial charge in [0, 0.05) is 44.5 Å². The van der Waals surface area contributed by atoms with Crippen LogP contribution >= 0.6 is 24.0 Å². The summed E-state index contributed by atoms with van der Waals surface area (Å²) in [6, 6.07) is 8.13. The highest BCUT2D eigenvalue weighted by molar-refractivity contribution is 14.0. The molecule has 1 aromatic carbocycles. The van der Waals surface area contributed by atoms with Crippen LogP contribution in [0.4, 0.5) is 5.69 Å². The fourth-order valence-electron chi connectivity index (χ4n) is 2.76. The molecule has 0 aromatic heterocycles. The Bertz CT molecular complexity index is 590. The smallest absolute Gasteiger partial charge is 0.307 e. The van der Waals surface area contributed by atoms with Crippen LogP contribution in [0.1, 0.15) is 13.3 Å². The van der Waals surface area contributed by atoms with Crippen molar-refractivity contribution in [3.8, 4) is 5.75 Å². The number of carbonyl (C=O) groups is 1. The van der Waals surface area contributed by atoms with Crippen molar-refractivity contribution >= 4 is 41.6 Å². The molecule has 1 heterocycles. The second-order valence-electron chi connectivity index (χ2n) is 5.74. The number of methoxy groups -OCH3 is 2. The monoisotopic (exact) mass is 476 g/mol. The summed E-state index contributed by atoms with van der Waals surface area (Å²) in [5.41, 5.74) is 1.17. The SMILES string of the molecule is CCNC(=NCCC(=O)OC)N1CCN(c2cccc(OC)c2)CC1.I. The zero-order chi connectivity index (χ0) is 18.1. The molecule has 1 N–H and O–H groups in total. The lowest BCUT2D eigenvalue weighted by molar-refractivity contribution is -0.140. The number of halogens is 1. The van der Waals surface area contributed by atoms with Gasteiger partial charge >= 0.3 is 5.97 Å². The summed E-state index contributed by atoms with van der Waals surface area (Å²) in [7, 11) is 3.08. The Kier molecular flexibility index (Phi) is 10.2. The van der Waals surface area contributed by atoms with Crippen LogP contribution in [-0.2, 0) is 9.53 Å². The molecule has 0 spiro atoms. The maximum atomic E-state index is 11.2. The summed E-state index contributed by atoms with van der Waals surface area (Å²) in [5, 5.41) is 3.30. The van der Waals surface area contributed by atoms with E-state index < -0.39 is 0 Å². The van der Waals surface area contributed by atoms with Crippen LogP contribution in [-0.4, -0.2) is 70.3 Å². The quantitative estimate of drug-likeness (QED) is 0.293. The largest absolute Gasteiger partial charge is 0.497 e.